The van der Waals surface area contributed by atoms with Crippen molar-refractivity contribution < 1.29 is 14.3 Å². The third-order valence-corrected chi connectivity index (χ3v) is 3.31. The molecule has 106 valence electrons. The Labute approximate surface area is 135 Å². The molecule has 0 unspecified atom stereocenters. The van der Waals surface area contributed by atoms with Gasteiger partial charge in [0.05, 0.1) is 16.1 Å². The first-order valence-corrected chi connectivity index (χ1v) is 7.04. The summed E-state index contributed by atoms with van der Waals surface area (Å²) in [4.78, 5) is 11.7. The summed E-state index contributed by atoms with van der Waals surface area (Å²) < 4.78 is 11.1. The van der Waals surface area contributed by atoms with Crippen LogP contribution < -0.4 is 9.47 Å². The molecule has 6 heteroatoms. The third kappa shape index (κ3) is 4.48. The first-order valence-electron chi connectivity index (χ1n) is 5.87. The lowest BCUT2D eigenvalue weighted by Crippen LogP contribution is -2.17. The van der Waals surface area contributed by atoms with Crippen LogP contribution in [0.4, 0.5) is 0 Å². The van der Waals surface area contributed by atoms with Crippen molar-refractivity contribution in [1.82, 2.24) is 0 Å². The molecule has 0 amide bonds. The summed E-state index contributed by atoms with van der Waals surface area (Å²) in [7, 11) is 0. The van der Waals surface area contributed by atoms with Crippen LogP contribution in [0, 0.1) is 11.3 Å². The van der Waals surface area contributed by atoms with Gasteiger partial charge in [0.15, 0.2) is 6.61 Å². The van der Waals surface area contributed by atoms with Crippen LogP contribution in [0.25, 0.3) is 0 Å². The van der Waals surface area contributed by atoms with E-state index >= 15 is 0 Å². The van der Waals surface area contributed by atoms with Gasteiger partial charge in [-0.25, -0.2) is 4.79 Å². The molecule has 0 spiro atoms. The Morgan fingerprint density at radius 3 is 2.57 bits per heavy atom. The van der Waals surface area contributed by atoms with Gasteiger partial charge in [-0.2, -0.15) is 5.26 Å². The fourth-order valence-corrected chi connectivity index (χ4v) is 2.28. The quantitative estimate of drug-likeness (QED) is 0.607. The molecular formula is C15H9BrClNO3. The highest BCUT2D eigenvalue weighted by Gasteiger charge is 2.08. The van der Waals surface area contributed by atoms with Crippen LogP contribution in [0.15, 0.2) is 46.9 Å². The molecule has 0 saturated carbocycles. The lowest BCUT2D eigenvalue weighted by Gasteiger charge is -2.08. The smallest absolute Gasteiger partial charge is 0.349 e. The van der Waals surface area contributed by atoms with E-state index in [1.165, 1.54) is 0 Å². The number of benzene rings is 2. The second kappa shape index (κ2) is 7.11. The number of carbonyl (C=O) groups is 1. The Kier molecular flexibility index (Phi) is 5.20. The third-order valence-electron chi connectivity index (χ3n) is 2.45. The van der Waals surface area contributed by atoms with Gasteiger partial charge in [0.1, 0.15) is 11.5 Å². The Morgan fingerprint density at radius 1 is 1.24 bits per heavy atom. The molecule has 0 aliphatic rings. The average Bonchev–Trinajstić information content (AvgIpc) is 2.47. The van der Waals surface area contributed by atoms with Crippen LogP contribution in [0.3, 0.4) is 0 Å². The van der Waals surface area contributed by atoms with Gasteiger partial charge in [-0.05, 0) is 58.4 Å². The molecule has 4 nitrogen and oxygen atoms in total. The minimum Gasteiger partial charge on any atom is -0.481 e. The predicted octanol–water partition coefficient (Wildman–Crippen LogP) is 3.96. The molecule has 2 aromatic rings. The summed E-state index contributed by atoms with van der Waals surface area (Å²) in [6, 6.07) is 13.2. The number of hydrogen-bond donors (Lipinski definition) is 0. The number of rotatable bonds is 4. The van der Waals surface area contributed by atoms with Crippen LogP contribution in [0.5, 0.6) is 11.5 Å². The minimum atomic E-state index is -0.540. The van der Waals surface area contributed by atoms with Gasteiger partial charge in [0.25, 0.3) is 0 Å². The largest absolute Gasteiger partial charge is 0.481 e. The van der Waals surface area contributed by atoms with Crippen molar-refractivity contribution >= 4 is 33.5 Å². The maximum absolute atomic E-state index is 11.7. The van der Waals surface area contributed by atoms with Crippen LogP contribution >= 0.6 is 27.5 Å². The fourth-order valence-electron chi connectivity index (χ4n) is 1.49. The van der Waals surface area contributed by atoms with Crippen molar-refractivity contribution in [3.8, 4) is 17.6 Å². The number of nitriles is 1. The van der Waals surface area contributed by atoms with E-state index in [9.17, 15) is 4.79 Å². The Bertz CT molecular complexity index is 695. The van der Waals surface area contributed by atoms with Crippen molar-refractivity contribution in [3.05, 3.63) is 57.5 Å². The normalized spacial score (nSPS) is 9.76. The van der Waals surface area contributed by atoms with Crippen molar-refractivity contribution in [2.75, 3.05) is 6.61 Å². The van der Waals surface area contributed by atoms with E-state index in [1.54, 1.807) is 42.5 Å². The van der Waals surface area contributed by atoms with Crippen LogP contribution in [0.1, 0.15) is 5.56 Å². The van der Waals surface area contributed by atoms with Crippen molar-refractivity contribution in [2.45, 2.75) is 0 Å². The first kappa shape index (κ1) is 15.4. The number of nitrogens with zero attached hydrogens (tertiary/aromatic N) is 1. The van der Waals surface area contributed by atoms with E-state index in [-0.39, 0.29) is 6.61 Å². The van der Waals surface area contributed by atoms with E-state index in [1.807, 2.05) is 6.07 Å². The van der Waals surface area contributed by atoms with E-state index in [0.717, 1.165) is 0 Å². The maximum Gasteiger partial charge on any atom is 0.349 e. The number of esters is 1. The molecule has 0 aliphatic carbocycles. The molecule has 0 fully saturated rings. The number of hydrogen-bond acceptors (Lipinski definition) is 4. The number of carbonyl (C=O) groups excluding carboxylic acids is 1. The number of ether oxygens (including phenoxy) is 2. The highest BCUT2D eigenvalue weighted by atomic mass is 79.9. The topological polar surface area (TPSA) is 59.3 Å². The lowest BCUT2D eigenvalue weighted by molar-refractivity contribution is -0.136. The van der Waals surface area contributed by atoms with E-state index < -0.39 is 5.97 Å². The summed E-state index contributed by atoms with van der Waals surface area (Å²) in [5.41, 5.74) is 0.496. The summed E-state index contributed by atoms with van der Waals surface area (Å²) in [5.74, 6) is 0.315. The average molecular weight is 367 g/mol. The molecule has 0 bridgehead atoms. The highest BCUT2D eigenvalue weighted by molar-refractivity contribution is 9.10. The molecular weight excluding hydrogens is 358 g/mol. The Balaban J connectivity index is 1.91. The summed E-state index contributed by atoms with van der Waals surface area (Å²) in [5, 5.41) is 9.24. The van der Waals surface area contributed by atoms with Crippen molar-refractivity contribution in [2.24, 2.45) is 0 Å². The number of halogens is 2. The first-order chi connectivity index (χ1) is 10.1. The molecule has 0 radical (unpaired) electrons. The van der Waals surface area contributed by atoms with Gasteiger partial charge in [0, 0.05) is 5.02 Å². The SMILES string of the molecule is N#Cc1ccc(OC(=O)COc2ccc(Cl)cc2Br)cc1. The van der Waals surface area contributed by atoms with E-state index in [2.05, 4.69) is 15.9 Å². The van der Waals surface area contributed by atoms with E-state index in [0.29, 0.717) is 26.6 Å². The Hall–Kier alpha value is -2.03. The van der Waals surface area contributed by atoms with Gasteiger partial charge >= 0.3 is 5.97 Å². The molecule has 0 aliphatic heterocycles. The second-order valence-corrected chi connectivity index (χ2v) is 5.26. The molecule has 0 N–H and O–H groups in total. The molecule has 2 aromatic carbocycles. The summed E-state index contributed by atoms with van der Waals surface area (Å²) >= 11 is 9.10. The molecule has 2 rings (SSSR count). The lowest BCUT2D eigenvalue weighted by atomic mass is 10.2. The van der Waals surface area contributed by atoms with Crippen molar-refractivity contribution in [3.63, 3.8) is 0 Å². The highest BCUT2D eigenvalue weighted by Crippen LogP contribution is 2.27. The van der Waals surface area contributed by atoms with Gasteiger partial charge in [-0.1, -0.05) is 11.6 Å². The summed E-state index contributed by atoms with van der Waals surface area (Å²) in [6.45, 7) is -0.236. The van der Waals surface area contributed by atoms with Crippen LogP contribution in [-0.4, -0.2) is 12.6 Å². The second-order valence-electron chi connectivity index (χ2n) is 3.97. The van der Waals surface area contributed by atoms with Crippen molar-refractivity contribution in [1.29, 1.82) is 5.26 Å². The zero-order valence-electron chi connectivity index (χ0n) is 10.7. The molecule has 21 heavy (non-hydrogen) atoms. The van der Waals surface area contributed by atoms with Gasteiger partial charge < -0.3 is 9.47 Å². The predicted molar refractivity (Wildman–Crippen MR) is 81.4 cm³/mol. The molecule has 0 saturated heterocycles. The van der Waals surface area contributed by atoms with E-state index in [4.69, 9.17) is 26.3 Å². The zero-order valence-corrected chi connectivity index (χ0v) is 13.0. The fraction of sp³-hybridized carbons (Fsp3) is 0.0667. The van der Waals surface area contributed by atoms with Gasteiger partial charge in [-0.15, -0.1) is 0 Å². The monoisotopic (exact) mass is 365 g/mol. The Morgan fingerprint density at radius 2 is 1.95 bits per heavy atom. The van der Waals surface area contributed by atoms with Crippen LogP contribution in [-0.2, 0) is 4.79 Å². The standard InChI is InChI=1S/C15H9BrClNO3/c16-13-7-11(17)3-6-14(13)20-9-15(19)21-12-4-1-10(8-18)2-5-12/h1-7H,9H2. The molecule has 0 atom stereocenters. The molecule has 0 aromatic heterocycles. The minimum absolute atomic E-state index is 0.236. The zero-order chi connectivity index (χ0) is 15.2. The van der Waals surface area contributed by atoms with Gasteiger partial charge in [0.2, 0.25) is 0 Å². The van der Waals surface area contributed by atoms with Crippen LogP contribution in [0.2, 0.25) is 5.02 Å². The van der Waals surface area contributed by atoms with Gasteiger partial charge in [-0.3, -0.25) is 0 Å². The molecule has 0 heterocycles. The maximum atomic E-state index is 11.7. The summed E-state index contributed by atoms with van der Waals surface area (Å²) in [6.07, 6.45) is 0.